The van der Waals surface area contributed by atoms with E-state index in [0.717, 1.165) is 6.42 Å². The van der Waals surface area contributed by atoms with Crippen LogP contribution in [0, 0.1) is 6.92 Å². The number of hydrogen-bond donors (Lipinski definition) is 0. The van der Waals surface area contributed by atoms with Crippen LogP contribution in [0.2, 0.25) is 0 Å². The Labute approximate surface area is 210 Å². The molecule has 36 heavy (non-hydrogen) atoms. The summed E-state index contributed by atoms with van der Waals surface area (Å²) in [5.74, 6) is 0. The van der Waals surface area contributed by atoms with Gasteiger partial charge in [0.05, 0.1) is 0 Å². The SMILES string of the molecule is Cc1ccc(-c2ccc3ccc4c(-c5ccc6c(c5)Cc5ccccc5-6)ccc5ccc2c3c54)cc1. The molecule has 0 heteroatoms. The van der Waals surface area contributed by atoms with E-state index in [9.17, 15) is 0 Å². The molecule has 0 amide bonds. The summed E-state index contributed by atoms with van der Waals surface area (Å²) < 4.78 is 0. The molecule has 0 aromatic heterocycles. The Bertz CT molecular complexity index is 1950. The fourth-order valence-corrected chi connectivity index (χ4v) is 6.35. The van der Waals surface area contributed by atoms with Gasteiger partial charge in [0, 0.05) is 0 Å². The van der Waals surface area contributed by atoms with Crippen LogP contribution in [0.15, 0.2) is 115 Å². The predicted molar refractivity (Wildman–Crippen MR) is 154 cm³/mol. The molecule has 168 valence electrons. The van der Waals surface area contributed by atoms with Crippen LogP contribution >= 0.6 is 0 Å². The molecule has 7 aromatic rings. The van der Waals surface area contributed by atoms with Crippen LogP contribution in [0.25, 0.3) is 65.7 Å². The lowest BCUT2D eigenvalue weighted by Crippen LogP contribution is -1.90. The van der Waals surface area contributed by atoms with Gasteiger partial charge in [0.25, 0.3) is 0 Å². The Balaban J connectivity index is 1.37. The van der Waals surface area contributed by atoms with Crippen molar-refractivity contribution >= 4 is 32.3 Å². The molecule has 0 radical (unpaired) electrons. The average molecular weight is 457 g/mol. The Morgan fingerprint density at radius 1 is 0.444 bits per heavy atom. The highest BCUT2D eigenvalue weighted by molar-refractivity contribution is 6.27. The van der Waals surface area contributed by atoms with Gasteiger partial charge in [-0.3, -0.25) is 0 Å². The minimum absolute atomic E-state index is 1.02. The Kier molecular flexibility index (Phi) is 4.02. The molecule has 7 aromatic carbocycles. The van der Waals surface area contributed by atoms with Gasteiger partial charge in [-0.2, -0.15) is 0 Å². The number of aryl methyl sites for hydroxylation is 1. The molecule has 0 N–H and O–H groups in total. The van der Waals surface area contributed by atoms with Crippen LogP contribution in [0.5, 0.6) is 0 Å². The Morgan fingerprint density at radius 3 is 1.72 bits per heavy atom. The Hall–Kier alpha value is -4.42. The smallest absolute Gasteiger partial charge is 0.00132 e. The van der Waals surface area contributed by atoms with E-state index in [1.54, 1.807) is 0 Å². The molecule has 0 nitrogen and oxygen atoms in total. The summed E-state index contributed by atoms with van der Waals surface area (Å²) in [5.41, 5.74) is 12.1. The van der Waals surface area contributed by atoms with Crippen molar-refractivity contribution in [3.05, 3.63) is 132 Å². The highest BCUT2D eigenvalue weighted by atomic mass is 14.2. The van der Waals surface area contributed by atoms with Crippen molar-refractivity contribution in [2.45, 2.75) is 13.3 Å². The summed E-state index contributed by atoms with van der Waals surface area (Å²) in [6.07, 6.45) is 1.02. The Morgan fingerprint density at radius 2 is 1.00 bits per heavy atom. The molecule has 0 bridgehead atoms. The topological polar surface area (TPSA) is 0 Å². The first kappa shape index (κ1) is 19.8. The maximum absolute atomic E-state index is 2.42. The van der Waals surface area contributed by atoms with E-state index in [0.29, 0.717) is 0 Å². The largest absolute Gasteiger partial charge is 0.0619 e. The normalized spacial score (nSPS) is 12.5. The molecular formula is C36H24. The van der Waals surface area contributed by atoms with Gasteiger partial charge in [-0.15, -0.1) is 0 Å². The second-order valence-electron chi connectivity index (χ2n) is 10.2. The van der Waals surface area contributed by atoms with Crippen LogP contribution in [-0.4, -0.2) is 0 Å². The van der Waals surface area contributed by atoms with Crippen LogP contribution in [0.3, 0.4) is 0 Å². The second-order valence-corrected chi connectivity index (χ2v) is 10.2. The summed E-state index contributed by atoms with van der Waals surface area (Å²) in [6, 6.07) is 43.2. The van der Waals surface area contributed by atoms with Crippen molar-refractivity contribution in [2.24, 2.45) is 0 Å². The second kappa shape index (κ2) is 7.29. The molecule has 0 saturated carbocycles. The maximum atomic E-state index is 2.42. The van der Waals surface area contributed by atoms with Crippen molar-refractivity contribution in [2.75, 3.05) is 0 Å². The molecule has 0 unspecified atom stereocenters. The lowest BCUT2D eigenvalue weighted by Gasteiger charge is -2.17. The number of rotatable bonds is 2. The van der Waals surface area contributed by atoms with Gasteiger partial charge in [-0.25, -0.2) is 0 Å². The van der Waals surface area contributed by atoms with Crippen molar-refractivity contribution in [3.8, 4) is 33.4 Å². The maximum Gasteiger partial charge on any atom is -0.00132 e. The minimum atomic E-state index is 1.02. The third-order valence-corrected chi connectivity index (χ3v) is 8.13. The number of hydrogen-bond acceptors (Lipinski definition) is 0. The van der Waals surface area contributed by atoms with Crippen LogP contribution in [0.1, 0.15) is 16.7 Å². The molecule has 8 rings (SSSR count). The van der Waals surface area contributed by atoms with Gasteiger partial charge in [0.15, 0.2) is 0 Å². The summed E-state index contributed by atoms with van der Waals surface area (Å²) in [6.45, 7) is 2.15. The molecule has 0 saturated heterocycles. The van der Waals surface area contributed by atoms with E-state index in [4.69, 9.17) is 0 Å². The standard InChI is InChI=1S/C36H24/c1-22-6-8-23(9-7-22)30-15-10-24-13-19-34-31(16-11-25-12-18-33(30)35(24)36(25)34)27-14-17-32-28(21-27)20-26-4-2-3-5-29(26)32/h2-19,21H,20H2,1H3. The van der Waals surface area contributed by atoms with E-state index in [-0.39, 0.29) is 0 Å². The first-order chi connectivity index (χ1) is 17.7. The first-order valence-electron chi connectivity index (χ1n) is 12.7. The zero-order valence-corrected chi connectivity index (χ0v) is 20.2. The monoisotopic (exact) mass is 456 g/mol. The van der Waals surface area contributed by atoms with Crippen molar-refractivity contribution < 1.29 is 0 Å². The predicted octanol–water partition coefficient (Wildman–Crippen LogP) is 9.80. The molecule has 0 heterocycles. The van der Waals surface area contributed by atoms with Crippen molar-refractivity contribution in [3.63, 3.8) is 0 Å². The third-order valence-electron chi connectivity index (χ3n) is 8.13. The summed E-state index contributed by atoms with van der Waals surface area (Å²) >= 11 is 0. The lowest BCUT2D eigenvalue weighted by molar-refractivity contribution is 1.26. The molecule has 1 aliphatic rings. The van der Waals surface area contributed by atoms with Gasteiger partial charge in [0.1, 0.15) is 0 Å². The fraction of sp³-hybridized carbons (Fsp3) is 0.0556. The molecule has 0 aliphatic heterocycles. The molecule has 0 atom stereocenters. The fourth-order valence-electron chi connectivity index (χ4n) is 6.35. The third kappa shape index (κ3) is 2.76. The van der Waals surface area contributed by atoms with Crippen molar-refractivity contribution in [1.29, 1.82) is 0 Å². The van der Waals surface area contributed by atoms with Gasteiger partial charge in [0.2, 0.25) is 0 Å². The van der Waals surface area contributed by atoms with Gasteiger partial charge in [-0.05, 0) is 90.2 Å². The van der Waals surface area contributed by atoms with Crippen LogP contribution in [-0.2, 0) is 6.42 Å². The zero-order chi connectivity index (χ0) is 23.8. The van der Waals surface area contributed by atoms with E-state index in [2.05, 4.69) is 122 Å². The van der Waals surface area contributed by atoms with Crippen LogP contribution in [0.4, 0.5) is 0 Å². The molecule has 0 spiro atoms. The van der Waals surface area contributed by atoms with Crippen molar-refractivity contribution in [1.82, 2.24) is 0 Å². The minimum Gasteiger partial charge on any atom is -0.0619 e. The highest BCUT2D eigenvalue weighted by Crippen LogP contribution is 2.44. The van der Waals surface area contributed by atoms with Crippen LogP contribution < -0.4 is 0 Å². The van der Waals surface area contributed by atoms with E-state index >= 15 is 0 Å². The molecular weight excluding hydrogens is 432 g/mol. The van der Waals surface area contributed by atoms with E-state index in [1.807, 2.05) is 0 Å². The van der Waals surface area contributed by atoms with E-state index in [1.165, 1.54) is 82.4 Å². The van der Waals surface area contributed by atoms with Gasteiger partial charge < -0.3 is 0 Å². The van der Waals surface area contributed by atoms with Gasteiger partial charge in [-0.1, -0.05) is 121 Å². The summed E-state index contributed by atoms with van der Waals surface area (Å²) in [5, 5.41) is 8.03. The summed E-state index contributed by atoms with van der Waals surface area (Å²) in [4.78, 5) is 0. The zero-order valence-electron chi connectivity index (χ0n) is 20.2. The number of benzene rings is 7. The lowest BCUT2D eigenvalue weighted by atomic mass is 9.87. The first-order valence-corrected chi connectivity index (χ1v) is 12.7. The highest BCUT2D eigenvalue weighted by Gasteiger charge is 2.19. The quantitative estimate of drug-likeness (QED) is 0.227. The average Bonchev–Trinajstić information content (AvgIpc) is 3.30. The summed E-state index contributed by atoms with van der Waals surface area (Å²) in [7, 11) is 0. The van der Waals surface area contributed by atoms with E-state index < -0.39 is 0 Å². The van der Waals surface area contributed by atoms with Gasteiger partial charge >= 0.3 is 0 Å². The molecule has 0 fully saturated rings. The molecule has 1 aliphatic carbocycles. The number of fused-ring (bicyclic) bond motifs is 3.